The minimum Gasteiger partial charge on any atom is -0.371 e. The first kappa shape index (κ1) is 20.3. The number of carbonyl (C=O) groups excluding carboxylic acids is 1. The third kappa shape index (κ3) is 3.67. The topological polar surface area (TPSA) is 54.3 Å². The average Bonchev–Trinajstić information content (AvgIpc) is 3.21. The lowest BCUT2D eigenvalue weighted by molar-refractivity contribution is -0.137. The Labute approximate surface area is 187 Å². The van der Waals surface area contributed by atoms with Crippen molar-refractivity contribution in [3.05, 3.63) is 52.7 Å². The molecule has 1 aromatic carbocycles. The Morgan fingerprint density at radius 3 is 2.71 bits per heavy atom. The molecule has 0 atom stereocenters. The summed E-state index contributed by atoms with van der Waals surface area (Å²) in [5, 5.41) is 1.81. The van der Waals surface area contributed by atoms with Crippen molar-refractivity contribution in [2.24, 2.45) is 5.92 Å². The second kappa shape index (κ2) is 8.15. The monoisotopic (exact) mass is 437 g/mol. The second-order valence-electron chi connectivity index (χ2n) is 8.64. The first-order valence-corrected chi connectivity index (χ1v) is 11.5. The van der Waals surface area contributed by atoms with Crippen molar-refractivity contribution in [2.45, 2.75) is 46.2 Å². The predicted octanol–water partition coefficient (Wildman–Crippen LogP) is 4.21. The number of rotatable bonds is 3. The van der Waals surface area contributed by atoms with E-state index in [4.69, 9.17) is 11.6 Å². The average molecular weight is 438 g/mol. The highest BCUT2D eigenvalue weighted by Gasteiger charge is 2.31. The Morgan fingerprint density at radius 2 is 1.94 bits per heavy atom. The third-order valence-corrected chi connectivity index (χ3v) is 6.98. The molecule has 3 aromatic rings. The van der Waals surface area contributed by atoms with Gasteiger partial charge in [0.1, 0.15) is 5.82 Å². The van der Waals surface area contributed by atoms with Gasteiger partial charge in [0, 0.05) is 55.1 Å². The Kier molecular flexibility index (Phi) is 5.34. The second-order valence-corrected chi connectivity index (χ2v) is 9.08. The minimum atomic E-state index is 0.0911. The van der Waals surface area contributed by atoms with Crippen LogP contribution >= 0.6 is 11.6 Å². The van der Waals surface area contributed by atoms with E-state index < -0.39 is 0 Å². The largest absolute Gasteiger partial charge is 0.371 e. The van der Waals surface area contributed by atoms with Crippen LogP contribution < -0.4 is 4.90 Å². The van der Waals surface area contributed by atoms with Crippen LogP contribution in [0.2, 0.25) is 5.02 Å². The molecule has 4 heterocycles. The lowest BCUT2D eigenvalue weighted by Crippen LogP contribution is -2.45. The number of hydrogen-bond donors (Lipinski definition) is 0. The molecule has 1 saturated heterocycles. The van der Waals surface area contributed by atoms with Crippen molar-refractivity contribution in [3.8, 4) is 0 Å². The van der Waals surface area contributed by atoms with E-state index in [2.05, 4.69) is 33.3 Å². The number of fused-ring (bicyclic) bond motifs is 2. The van der Waals surface area contributed by atoms with E-state index in [1.54, 1.807) is 0 Å². The van der Waals surface area contributed by atoms with E-state index in [0.29, 0.717) is 12.5 Å². The van der Waals surface area contributed by atoms with Gasteiger partial charge in [-0.3, -0.25) is 9.78 Å². The van der Waals surface area contributed by atoms with Crippen molar-refractivity contribution < 1.29 is 4.79 Å². The van der Waals surface area contributed by atoms with Gasteiger partial charge in [0.15, 0.2) is 0 Å². The van der Waals surface area contributed by atoms with Gasteiger partial charge in [-0.1, -0.05) is 18.5 Å². The van der Waals surface area contributed by atoms with Gasteiger partial charge in [0.25, 0.3) is 0 Å². The molecule has 0 radical (unpaired) electrons. The Hall–Kier alpha value is -2.60. The molecule has 1 fully saturated rings. The molecule has 0 N–H and O–H groups in total. The van der Waals surface area contributed by atoms with Gasteiger partial charge < -0.3 is 14.4 Å². The zero-order valence-corrected chi connectivity index (χ0v) is 18.9. The maximum Gasteiger partial charge on any atom is 0.226 e. The lowest BCUT2D eigenvalue weighted by Gasteiger charge is -2.37. The summed E-state index contributed by atoms with van der Waals surface area (Å²) in [5.74, 6) is 1.51. The number of hydrogen-bond acceptors (Lipinski definition) is 4. The standard InChI is InChI=1S/C24H28ClN5O/c1-3-22-27-14-19-15-29(10-11-30(19)22)24(31)17-6-8-28(9-7-17)23-16(2)13-26-21-5-4-18(25)12-20(21)23/h4-5,12-14,17H,3,6-11,15H2,1-2H3. The molecule has 2 aliphatic heterocycles. The highest BCUT2D eigenvalue weighted by molar-refractivity contribution is 6.31. The summed E-state index contributed by atoms with van der Waals surface area (Å²) in [6, 6.07) is 5.86. The maximum absolute atomic E-state index is 13.3. The van der Waals surface area contributed by atoms with Crippen LogP contribution in [0.4, 0.5) is 5.69 Å². The number of halogens is 1. The molecule has 2 aromatic heterocycles. The van der Waals surface area contributed by atoms with Crippen LogP contribution in [-0.2, 0) is 24.3 Å². The van der Waals surface area contributed by atoms with Gasteiger partial charge in [-0.2, -0.15) is 0 Å². The third-order valence-electron chi connectivity index (χ3n) is 6.74. The molecule has 0 aliphatic carbocycles. The van der Waals surface area contributed by atoms with E-state index in [9.17, 15) is 4.79 Å². The van der Waals surface area contributed by atoms with Crippen LogP contribution in [0.15, 0.2) is 30.6 Å². The van der Waals surface area contributed by atoms with Gasteiger partial charge in [0.2, 0.25) is 5.91 Å². The first-order chi connectivity index (χ1) is 15.0. The SMILES string of the molecule is CCc1ncc2n1CCN(C(=O)C1CCN(c3c(C)cnc4ccc(Cl)cc34)CC1)C2. The maximum atomic E-state index is 13.3. The number of carbonyl (C=O) groups is 1. The fraction of sp³-hybridized carbons (Fsp3) is 0.458. The predicted molar refractivity (Wildman–Crippen MR) is 123 cm³/mol. The normalized spacial score (nSPS) is 17.3. The van der Waals surface area contributed by atoms with Crippen LogP contribution in [0.25, 0.3) is 10.9 Å². The molecule has 31 heavy (non-hydrogen) atoms. The molecule has 5 rings (SSSR count). The summed E-state index contributed by atoms with van der Waals surface area (Å²) < 4.78 is 2.27. The zero-order valence-electron chi connectivity index (χ0n) is 18.1. The van der Waals surface area contributed by atoms with Crippen molar-refractivity contribution in [2.75, 3.05) is 24.5 Å². The van der Waals surface area contributed by atoms with Gasteiger partial charge in [-0.15, -0.1) is 0 Å². The molecule has 0 saturated carbocycles. The summed E-state index contributed by atoms with van der Waals surface area (Å²) in [6.07, 6.45) is 6.55. The van der Waals surface area contributed by atoms with Crippen molar-refractivity contribution in [1.29, 1.82) is 0 Å². The minimum absolute atomic E-state index is 0.0911. The number of amides is 1. The molecule has 0 spiro atoms. The highest BCUT2D eigenvalue weighted by Crippen LogP contribution is 2.34. The number of aryl methyl sites for hydroxylation is 2. The summed E-state index contributed by atoms with van der Waals surface area (Å²) in [7, 11) is 0. The number of piperidine rings is 1. The smallest absolute Gasteiger partial charge is 0.226 e. The van der Waals surface area contributed by atoms with Crippen LogP contribution in [0.3, 0.4) is 0 Å². The van der Waals surface area contributed by atoms with Crippen LogP contribution in [-0.4, -0.2) is 45.0 Å². The van der Waals surface area contributed by atoms with E-state index in [1.807, 2.05) is 35.5 Å². The molecule has 1 amide bonds. The Bertz CT molecular complexity index is 1130. The van der Waals surface area contributed by atoms with Gasteiger partial charge in [-0.05, 0) is 43.5 Å². The van der Waals surface area contributed by atoms with E-state index >= 15 is 0 Å². The van der Waals surface area contributed by atoms with Crippen LogP contribution in [0.5, 0.6) is 0 Å². The molecule has 2 aliphatic rings. The lowest BCUT2D eigenvalue weighted by atomic mass is 9.93. The van der Waals surface area contributed by atoms with Crippen LogP contribution in [0, 0.1) is 12.8 Å². The fourth-order valence-electron chi connectivity index (χ4n) is 5.10. The van der Waals surface area contributed by atoms with Crippen LogP contribution in [0.1, 0.15) is 36.8 Å². The number of benzene rings is 1. The molecule has 162 valence electrons. The van der Waals surface area contributed by atoms with Gasteiger partial charge in [-0.25, -0.2) is 4.98 Å². The number of imidazole rings is 1. The first-order valence-electron chi connectivity index (χ1n) is 11.2. The summed E-state index contributed by atoms with van der Waals surface area (Å²) in [4.78, 5) is 26.8. The van der Waals surface area contributed by atoms with Crippen molar-refractivity contribution in [1.82, 2.24) is 19.4 Å². The molecule has 0 unspecified atom stereocenters. The van der Waals surface area contributed by atoms with Gasteiger partial charge in [0.05, 0.1) is 29.6 Å². The molecule has 0 bridgehead atoms. The molecular weight excluding hydrogens is 410 g/mol. The Morgan fingerprint density at radius 1 is 1.13 bits per heavy atom. The molecule has 6 nitrogen and oxygen atoms in total. The van der Waals surface area contributed by atoms with E-state index in [1.165, 1.54) is 5.69 Å². The summed E-state index contributed by atoms with van der Waals surface area (Å²) >= 11 is 6.28. The quantitative estimate of drug-likeness (QED) is 0.615. The fourth-order valence-corrected chi connectivity index (χ4v) is 5.27. The molecular formula is C24H28ClN5O. The van der Waals surface area contributed by atoms with Gasteiger partial charge >= 0.3 is 0 Å². The van der Waals surface area contributed by atoms with E-state index in [-0.39, 0.29) is 5.92 Å². The Balaban J connectivity index is 1.29. The summed E-state index contributed by atoms with van der Waals surface area (Å²) in [5.41, 5.74) is 4.46. The number of anilines is 1. The highest BCUT2D eigenvalue weighted by atomic mass is 35.5. The van der Waals surface area contributed by atoms with Crippen molar-refractivity contribution in [3.63, 3.8) is 0 Å². The molecule has 7 heteroatoms. The number of nitrogens with zero attached hydrogens (tertiary/aromatic N) is 5. The van der Waals surface area contributed by atoms with Crippen molar-refractivity contribution >= 4 is 34.1 Å². The summed E-state index contributed by atoms with van der Waals surface area (Å²) in [6.45, 7) is 8.28. The zero-order chi connectivity index (χ0) is 21.5. The number of aromatic nitrogens is 3. The number of pyridine rings is 1. The van der Waals surface area contributed by atoms with E-state index in [0.717, 1.165) is 78.4 Å².